The van der Waals surface area contributed by atoms with Crippen molar-refractivity contribution in [1.82, 2.24) is 29.6 Å². The smallest absolute Gasteiger partial charge is 0.269 e. The van der Waals surface area contributed by atoms with Crippen molar-refractivity contribution < 1.29 is 18.8 Å². The Labute approximate surface area is 249 Å². The minimum Gasteiger partial charge on any atom is -0.364 e. The van der Waals surface area contributed by atoms with Gasteiger partial charge in [0.2, 0.25) is 11.8 Å². The molecule has 1 saturated heterocycles. The fourth-order valence-electron chi connectivity index (χ4n) is 5.33. The summed E-state index contributed by atoms with van der Waals surface area (Å²) in [6, 6.07) is 5.39. The van der Waals surface area contributed by atoms with Crippen molar-refractivity contribution in [3.63, 3.8) is 0 Å². The SMILES string of the molecule is C=C[C@@H]1[C@@H](C)C[C@@H](C(=O)Nc2nc(Br)ccc2C)N1C(=O)Cn1nc(C(N)=O)c2c(F)c(-c3cnc(C)nc3)ccc21. The molecule has 1 aromatic carbocycles. The van der Waals surface area contributed by atoms with Gasteiger partial charge in [0.1, 0.15) is 34.6 Å². The van der Waals surface area contributed by atoms with E-state index in [0.29, 0.717) is 28.2 Å². The molecule has 0 unspecified atom stereocenters. The molecule has 4 heterocycles. The number of carbonyl (C=O) groups is 3. The zero-order chi connectivity index (χ0) is 30.3. The lowest BCUT2D eigenvalue weighted by Crippen LogP contribution is -2.48. The quantitative estimate of drug-likeness (QED) is 0.231. The van der Waals surface area contributed by atoms with Crippen molar-refractivity contribution in [3.8, 4) is 11.1 Å². The molecule has 13 heteroatoms. The Morgan fingerprint density at radius 3 is 2.57 bits per heavy atom. The number of carbonyl (C=O) groups excluding carboxylic acids is 3. The molecule has 0 radical (unpaired) electrons. The molecule has 0 spiro atoms. The van der Waals surface area contributed by atoms with Crippen LogP contribution in [-0.4, -0.2) is 59.4 Å². The second-order valence-corrected chi connectivity index (χ2v) is 11.1. The standard InChI is InChI=1S/C29H28BrFN8O3/c1-5-19-15(3)10-21(29(42)36-28-14(2)6-9-22(30)35-28)39(19)23(40)13-38-20-8-7-18(17-11-33-16(4)34-12-17)25(31)24(20)26(37-38)27(32)41/h5-9,11-12,15,19,21H,1,10,13H2,2-4H3,(H2,32,41)(H,35,36,42)/t15-,19+,21-/m0/s1. The number of nitrogens with one attached hydrogen (secondary N) is 1. The molecule has 0 aliphatic carbocycles. The number of pyridine rings is 1. The molecule has 3 atom stereocenters. The summed E-state index contributed by atoms with van der Waals surface area (Å²) >= 11 is 3.31. The Bertz CT molecular complexity index is 1740. The first-order chi connectivity index (χ1) is 20.0. The summed E-state index contributed by atoms with van der Waals surface area (Å²) in [5.74, 6) is -1.70. The van der Waals surface area contributed by atoms with Gasteiger partial charge in [-0.2, -0.15) is 5.10 Å². The highest BCUT2D eigenvalue weighted by Gasteiger charge is 2.44. The molecule has 5 rings (SSSR count). The Kier molecular flexibility index (Phi) is 7.87. The number of hydrogen-bond acceptors (Lipinski definition) is 7. The largest absolute Gasteiger partial charge is 0.364 e. The Morgan fingerprint density at radius 1 is 1.19 bits per heavy atom. The summed E-state index contributed by atoms with van der Waals surface area (Å²) in [4.78, 5) is 53.6. The molecule has 3 N–H and O–H groups in total. The lowest BCUT2D eigenvalue weighted by Gasteiger charge is -2.29. The molecule has 1 aliphatic heterocycles. The van der Waals surface area contributed by atoms with E-state index in [-0.39, 0.29) is 34.6 Å². The minimum absolute atomic E-state index is 0.0638. The third kappa shape index (κ3) is 5.27. The number of aryl methyl sites for hydroxylation is 2. The molecule has 3 amide bonds. The summed E-state index contributed by atoms with van der Waals surface area (Å²) in [6.07, 6.45) is 4.98. The van der Waals surface area contributed by atoms with Crippen LogP contribution in [0.3, 0.4) is 0 Å². The van der Waals surface area contributed by atoms with Gasteiger partial charge < -0.3 is 16.0 Å². The number of aromatic nitrogens is 5. The van der Waals surface area contributed by atoms with Crippen molar-refractivity contribution in [2.75, 3.05) is 5.32 Å². The van der Waals surface area contributed by atoms with Crippen LogP contribution in [0.15, 0.2) is 53.9 Å². The predicted octanol–water partition coefficient (Wildman–Crippen LogP) is 3.94. The molecule has 1 aliphatic rings. The van der Waals surface area contributed by atoms with Crippen LogP contribution < -0.4 is 11.1 Å². The van der Waals surface area contributed by atoms with Gasteiger partial charge in [0.15, 0.2) is 5.69 Å². The fourth-order valence-corrected chi connectivity index (χ4v) is 5.64. The van der Waals surface area contributed by atoms with Crippen LogP contribution in [0.25, 0.3) is 22.0 Å². The van der Waals surface area contributed by atoms with Gasteiger partial charge in [0, 0.05) is 23.5 Å². The van der Waals surface area contributed by atoms with E-state index in [2.05, 4.69) is 47.9 Å². The maximum atomic E-state index is 15.8. The third-order valence-corrected chi connectivity index (χ3v) is 7.88. The number of primary amides is 1. The molecule has 216 valence electrons. The van der Waals surface area contributed by atoms with Crippen LogP contribution in [0.2, 0.25) is 0 Å². The average Bonchev–Trinajstić information content (AvgIpc) is 3.49. The van der Waals surface area contributed by atoms with Gasteiger partial charge in [-0.3, -0.25) is 19.1 Å². The number of amides is 3. The maximum absolute atomic E-state index is 15.8. The number of rotatable bonds is 7. The maximum Gasteiger partial charge on any atom is 0.269 e. The van der Waals surface area contributed by atoms with Crippen molar-refractivity contribution in [1.29, 1.82) is 0 Å². The number of likely N-dealkylation sites (tertiary alicyclic amines) is 1. The Morgan fingerprint density at radius 2 is 1.90 bits per heavy atom. The summed E-state index contributed by atoms with van der Waals surface area (Å²) in [5.41, 5.74) is 6.77. The molecular formula is C29H28BrFN8O3. The molecule has 0 bridgehead atoms. The number of halogens is 2. The summed E-state index contributed by atoms with van der Waals surface area (Å²) < 4.78 is 17.6. The molecule has 4 aromatic rings. The zero-order valence-electron chi connectivity index (χ0n) is 23.1. The van der Waals surface area contributed by atoms with E-state index in [4.69, 9.17) is 5.73 Å². The normalized spacial score (nSPS) is 18.3. The van der Waals surface area contributed by atoms with Gasteiger partial charge in [-0.25, -0.2) is 19.3 Å². The van der Waals surface area contributed by atoms with Crippen molar-refractivity contribution in [2.24, 2.45) is 11.7 Å². The van der Waals surface area contributed by atoms with E-state index in [1.165, 1.54) is 28.0 Å². The van der Waals surface area contributed by atoms with Gasteiger partial charge in [0.25, 0.3) is 5.91 Å². The van der Waals surface area contributed by atoms with E-state index in [1.807, 2.05) is 19.9 Å². The zero-order valence-corrected chi connectivity index (χ0v) is 24.7. The molecule has 42 heavy (non-hydrogen) atoms. The average molecular weight is 635 g/mol. The van der Waals surface area contributed by atoms with Crippen molar-refractivity contribution >= 4 is 50.4 Å². The van der Waals surface area contributed by atoms with Crippen LogP contribution >= 0.6 is 15.9 Å². The van der Waals surface area contributed by atoms with Crippen LogP contribution in [0.5, 0.6) is 0 Å². The van der Waals surface area contributed by atoms with Gasteiger partial charge >= 0.3 is 0 Å². The number of anilines is 1. The van der Waals surface area contributed by atoms with Crippen LogP contribution in [0, 0.1) is 25.6 Å². The van der Waals surface area contributed by atoms with Gasteiger partial charge in [0.05, 0.1) is 16.9 Å². The van der Waals surface area contributed by atoms with Crippen molar-refractivity contribution in [2.45, 2.75) is 45.8 Å². The predicted molar refractivity (Wildman–Crippen MR) is 158 cm³/mol. The highest BCUT2D eigenvalue weighted by Crippen LogP contribution is 2.34. The second kappa shape index (κ2) is 11.4. The molecule has 0 saturated carbocycles. The lowest BCUT2D eigenvalue weighted by molar-refractivity contribution is -0.138. The summed E-state index contributed by atoms with van der Waals surface area (Å²) in [7, 11) is 0. The van der Waals surface area contributed by atoms with E-state index in [9.17, 15) is 14.4 Å². The highest BCUT2D eigenvalue weighted by molar-refractivity contribution is 9.10. The first kappa shape index (κ1) is 29.0. The van der Waals surface area contributed by atoms with Crippen LogP contribution in [0.4, 0.5) is 10.2 Å². The monoisotopic (exact) mass is 634 g/mol. The lowest BCUT2D eigenvalue weighted by atomic mass is 10.0. The topological polar surface area (TPSA) is 149 Å². The first-order valence-corrected chi connectivity index (χ1v) is 13.9. The van der Waals surface area contributed by atoms with Crippen LogP contribution in [0.1, 0.15) is 35.2 Å². The summed E-state index contributed by atoms with van der Waals surface area (Å²) in [5, 5.41) is 6.94. The van der Waals surface area contributed by atoms with Crippen molar-refractivity contribution in [3.05, 3.63) is 76.8 Å². The molecular weight excluding hydrogens is 607 g/mol. The van der Waals surface area contributed by atoms with E-state index in [0.717, 1.165) is 5.56 Å². The fraction of sp³-hybridized carbons (Fsp3) is 0.276. The molecule has 3 aromatic heterocycles. The number of fused-ring (bicyclic) bond motifs is 1. The Balaban J connectivity index is 1.49. The van der Waals surface area contributed by atoms with Crippen LogP contribution in [-0.2, 0) is 16.1 Å². The number of benzene rings is 1. The van der Waals surface area contributed by atoms with E-state index >= 15 is 4.39 Å². The first-order valence-electron chi connectivity index (χ1n) is 13.2. The van der Waals surface area contributed by atoms with Gasteiger partial charge in [-0.15, -0.1) is 6.58 Å². The summed E-state index contributed by atoms with van der Waals surface area (Å²) in [6.45, 7) is 8.97. The number of nitrogens with two attached hydrogens (primary N) is 1. The molecule has 1 fully saturated rings. The van der Waals surface area contributed by atoms with Gasteiger partial charge in [-0.1, -0.05) is 19.1 Å². The van der Waals surface area contributed by atoms with E-state index < -0.39 is 35.6 Å². The minimum atomic E-state index is -0.949. The third-order valence-electron chi connectivity index (χ3n) is 7.44. The second-order valence-electron chi connectivity index (χ2n) is 10.3. The number of nitrogens with zero attached hydrogens (tertiary/aromatic N) is 6. The highest BCUT2D eigenvalue weighted by atomic mass is 79.9. The number of hydrogen-bond donors (Lipinski definition) is 2. The Hall–Kier alpha value is -4.52. The van der Waals surface area contributed by atoms with E-state index in [1.54, 1.807) is 25.1 Å². The molecule has 11 nitrogen and oxygen atoms in total. The van der Waals surface area contributed by atoms with Gasteiger partial charge in [-0.05, 0) is 65.9 Å².